The van der Waals surface area contributed by atoms with Crippen molar-refractivity contribution in [3.63, 3.8) is 0 Å². The van der Waals surface area contributed by atoms with Crippen LogP contribution in [0.4, 0.5) is 11.4 Å². The molecule has 0 unspecified atom stereocenters. The third kappa shape index (κ3) is 5.06. The Balaban J connectivity index is 1.29. The third-order valence-corrected chi connectivity index (χ3v) is 6.45. The maximum absolute atomic E-state index is 13.0. The molecular weight excluding hydrogens is 535 g/mol. The van der Waals surface area contributed by atoms with Crippen molar-refractivity contribution in [1.82, 2.24) is 21.8 Å². The fraction of sp³-hybridized carbons (Fsp3) is 0.0833. The molecule has 2 heterocycles. The van der Waals surface area contributed by atoms with Gasteiger partial charge in [0, 0.05) is 10.0 Å². The van der Waals surface area contributed by atoms with Crippen LogP contribution >= 0.6 is 23.2 Å². The molecule has 0 fully saturated rings. The fourth-order valence-electron chi connectivity index (χ4n) is 3.60. The molecule has 5 rings (SSSR count). The van der Waals surface area contributed by atoms with Crippen molar-refractivity contribution >= 4 is 58.4 Å². The molecule has 0 saturated carbocycles. The number of hydrogen-bond donors (Lipinski definition) is 4. The van der Waals surface area contributed by atoms with Gasteiger partial charge in [-0.1, -0.05) is 57.7 Å². The number of amides is 2. The number of nitrogens with zero attached hydrogens (tertiary/aromatic N) is 4. The second-order valence-corrected chi connectivity index (χ2v) is 8.86. The zero-order valence-electron chi connectivity index (χ0n) is 20.0. The van der Waals surface area contributed by atoms with E-state index < -0.39 is 11.8 Å². The predicted octanol–water partition coefficient (Wildman–Crippen LogP) is 3.52. The number of nitrogens with one attached hydrogen (secondary N) is 4. The Bertz CT molecular complexity index is 1390. The minimum absolute atomic E-state index is 0.0720. The predicted molar refractivity (Wildman–Crippen MR) is 142 cm³/mol. The summed E-state index contributed by atoms with van der Waals surface area (Å²) in [5.74, 6) is -1.24. The summed E-state index contributed by atoms with van der Waals surface area (Å²) >= 11 is 12.3. The van der Waals surface area contributed by atoms with Gasteiger partial charge in [0.2, 0.25) is 0 Å². The van der Waals surface area contributed by atoms with Crippen LogP contribution in [-0.2, 0) is 9.68 Å². The molecule has 2 amide bonds. The van der Waals surface area contributed by atoms with Crippen molar-refractivity contribution in [3.05, 3.63) is 93.0 Å². The van der Waals surface area contributed by atoms with Gasteiger partial charge in [-0.25, -0.2) is 0 Å². The number of hydrogen-bond acceptors (Lipinski definition) is 10. The minimum Gasteiger partial charge on any atom is -0.347 e. The van der Waals surface area contributed by atoms with Gasteiger partial charge in [-0.05, 0) is 72.6 Å². The molecule has 0 radical (unpaired) electrons. The largest absolute Gasteiger partial charge is 0.347 e. The van der Waals surface area contributed by atoms with Crippen molar-refractivity contribution in [1.29, 1.82) is 0 Å². The number of benzene rings is 3. The van der Waals surface area contributed by atoms with E-state index in [1.807, 2.05) is 13.8 Å². The van der Waals surface area contributed by atoms with E-state index in [2.05, 4.69) is 32.0 Å². The standard InChI is InChI=1S/C24H20Cl2N8O4/c1-13-17(25)9-5-11-19(13)33-29-23(37-31-33)27-21(35)15-7-3-4-8-16(15)22(36)28-24-30-34(32-38-24)20-12-6-10-18(26)14(20)2/h3-12,31-32H,1-2H3,(H,27,29,35)(H,28,30,36). The van der Waals surface area contributed by atoms with Crippen LogP contribution in [0.5, 0.6) is 0 Å². The third-order valence-electron chi connectivity index (χ3n) is 5.63. The highest BCUT2D eigenvalue weighted by Crippen LogP contribution is 2.28. The highest BCUT2D eigenvalue weighted by molar-refractivity contribution is 6.32. The van der Waals surface area contributed by atoms with Crippen molar-refractivity contribution in [2.24, 2.45) is 10.2 Å². The van der Waals surface area contributed by atoms with Gasteiger partial charge >= 0.3 is 12.0 Å². The van der Waals surface area contributed by atoms with Gasteiger partial charge in [0.05, 0.1) is 22.5 Å². The number of rotatable bonds is 4. The molecule has 0 spiro atoms. The minimum atomic E-state index is -0.621. The van der Waals surface area contributed by atoms with E-state index in [1.54, 1.807) is 48.5 Å². The van der Waals surface area contributed by atoms with Crippen molar-refractivity contribution in [2.75, 3.05) is 10.2 Å². The topological polar surface area (TPSA) is 132 Å². The van der Waals surface area contributed by atoms with E-state index in [-0.39, 0.29) is 23.2 Å². The first-order chi connectivity index (χ1) is 18.3. The number of hydrazine groups is 2. The van der Waals surface area contributed by atoms with Crippen LogP contribution in [0.1, 0.15) is 31.8 Å². The van der Waals surface area contributed by atoms with Gasteiger partial charge in [-0.15, -0.1) is 0 Å². The number of amidine groups is 2. The summed E-state index contributed by atoms with van der Waals surface area (Å²) in [5, 5.41) is 17.2. The van der Waals surface area contributed by atoms with Crippen LogP contribution in [0.2, 0.25) is 10.0 Å². The lowest BCUT2D eigenvalue weighted by atomic mass is 10.1. The van der Waals surface area contributed by atoms with E-state index in [9.17, 15) is 9.59 Å². The molecule has 0 atom stereocenters. The lowest BCUT2D eigenvalue weighted by Gasteiger charge is -2.14. The average molecular weight is 555 g/mol. The Kier molecular flexibility index (Phi) is 7.03. The van der Waals surface area contributed by atoms with Crippen LogP contribution < -0.4 is 32.0 Å². The quantitative estimate of drug-likeness (QED) is 0.385. The van der Waals surface area contributed by atoms with Crippen LogP contribution in [0.3, 0.4) is 0 Å². The molecule has 3 aromatic rings. The van der Waals surface area contributed by atoms with Crippen molar-refractivity contribution in [3.8, 4) is 0 Å². The summed E-state index contributed by atoms with van der Waals surface area (Å²) in [6, 6.07) is 16.6. The molecule has 38 heavy (non-hydrogen) atoms. The molecule has 14 heteroatoms. The van der Waals surface area contributed by atoms with Crippen LogP contribution in [-0.4, -0.2) is 23.9 Å². The zero-order valence-corrected chi connectivity index (χ0v) is 21.5. The fourth-order valence-corrected chi connectivity index (χ4v) is 3.94. The first-order valence-electron chi connectivity index (χ1n) is 11.2. The van der Waals surface area contributed by atoms with Gasteiger partial charge in [-0.2, -0.15) is 10.2 Å². The number of carbonyl (C=O) groups excluding carboxylic acids is 2. The Morgan fingerprint density at radius 2 is 1.13 bits per heavy atom. The first kappa shape index (κ1) is 25.3. The molecular formula is C24H20Cl2N8O4. The highest BCUT2D eigenvalue weighted by atomic mass is 35.5. The van der Waals surface area contributed by atoms with Crippen LogP contribution in [0.15, 0.2) is 70.9 Å². The summed E-state index contributed by atoms with van der Waals surface area (Å²) in [6.07, 6.45) is 0. The second-order valence-electron chi connectivity index (χ2n) is 8.04. The monoisotopic (exact) mass is 554 g/mol. The Morgan fingerprint density at radius 1 is 0.711 bits per heavy atom. The van der Waals surface area contributed by atoms with E-state index >= 15 is 0 Å². The molecule has 2 aliphatic heterocycles. The van der Waals surface area contributed by atoms with Gasteiger partial charge in [0.1, 0.15) is 0 Å². The number of hydrazone groups is 2. The summed E-state index contributed by atoms with van der Waals surface area (Å²) in [7, 11) is 0. The molecule has 12 nitrogen and oxygen atoms in total. The van der Waals surface area contributed by atoms with Crippen molar-refractivity contribution < 1.29 is 19.3 Å². The molecule has 4 N–H and O–H groups in total. The van der Waals surface area contributed by atoms with Crippen molar-refractivity contribution in [2.45, 2.75) is 13.8 Å². The smallest absolute Gasteiger partial charge is 0.337 e. The zero-order chi connectivity index (χ0) is 26.8. The normalized spacial score (nSPS) is 14.4. The van der Waals surface area contributed by atoms with E-state index in [0.717, 1.165) is 11.1 Å². The van der Waals surface area contributed by atoms with Gasteiger partial charge in [-0.3, -0.25) is 20.2 Å². The molecule has 3 aromatic carbocycles. The molecule has 194 valence electrons. The summed E-state index contributed by atoms with van der Waals surface area (Å²) in [6.45, 7) is 3.65. The number of carbonyl (C=O) groups is 2. The molecule has 2 aliphatic rings. The van der Waals surface area contributed by atoms with Crippen LogP contribution in [0.25, 0.3) is 0 Å². The Hall–Kier alpha value is -4.36. The Labute approximate surface area is 226 Å². The SMILES string of the molecule is Cc1c(Cl)cccc1N1N=C(NC(=O)c2ccccc2C(=O)NC2=NN(c3cccc(Cl)c3C)NO2)ON1. The highest BCUT2D eigenvalue weighted by Gasteiger charge is 2.26. The molecule has 0 aromatic heterocycles. The average Bonchev–Trinajstić information content (AvgIpc) is 3.57. The van der Waals surface area contributed by atoms with E-state index in [4.69, 9.17) is 32.9 Å². The van der Waals surface area contributed by atoms with Crippen LogP contribution in [0, 0.1) is 13.8 Å². The molecule has 0 saturated heterocycles. The maximum Gasteiger partial charge on any atom is 0.337 e. The summed E-state index contributed by atoms with van der Waals surface area (Å²) in [5.41, 5.74) is 8.10. The lowest BCUT2D eigenvalue weighted by Crippen LogP contribution is -2.36. The first-order valence-corrected chi connectivity index (χ1v) is 11.9. The maximum atomic E-state index is 13.0. The second kappa shape index (κ2) is 10.6. The number of anilines is 2. The van der Waals surface area contributed by atoms with Gasteiger partial charge in [0.25, 0.3) is 11.8 Å². The van der Waals surface area contributed by atoms with E-state index in [0.29, 0.717) is 21.4 Å². The summed E-state index contributed by atoms with van der Waals surface area (Å²) < 4.78 is 0. The van der Waals surface area contributed by atoms with Gasteiger partial charge in [0.15, 0.2) is 0 Å². The summed E-state index contributed by atoms with van der Waals surface area (Å²) in [4.78, 5) is 36.6. The molecule has 0 aliphatic carbocycles. The molecule has 0 bridgehead atoms. The Morgan fingerprint density at radius 3 is 1.55 bits per heavy atom. The number of halogens is 2. The van der Waals surface area contributed by atoms with Gasteiger partial charge < -0.3 is 9.68 Å². The van der Waals surface area contributed by atoms with E-state index in [1.165, 1.54) is 22.4 Å². The lowest BCUT2D eigenvalue weighted by molar-refractivity contribution is 0.0924.